The lowest BCUT2D eigenvalue weighted by Gasteiger charge is -2.37. The van der Waals surface area contributed by atoms with Crippen molar-refractivity contribution in [3.63, 3.8) is 0 Å². The number of fused-ring (bicyclic) bond motifs is 1. The van der Waals surface area contributed by atoms with E-state index in [1.165, 1.54) is 15.6 Å². The van der Waals surface area contributed by atoms with Gasteiger partial charge in [0.15, 0.2) is 11.4 Å². The Bertz CT molecular complexity index is 1090. The molecule has 0 spiro atoms. The second-order valence-corrected chi connectivity index (χ2v) is 7.25. The molecule has 1 aromatic carbocycles. The summed E-state index contributed by atoms with van der Waals surface area (Å²) < 4.78 is 33.3. The lowest BCUT2D eigenvalue weighted by molar-refractivity contribution is 0.0661. The van der Waals surface area contributed by atoms with Crippen molar-refractivity contribution < 1.29 is 28.2 Å². The van der Waals surface area contributed by atoms with E-state index < -0.39 is 40.2 Å². The largest absolute Gasteiger partial charge is 0.502 e. The molecule has 0 unspecified atom stereocenters. The molecule has 0 fully saturated rings. The Labute approximate surface area is 182 Å². The summed E-state index contributed by atoms with van der Waals surface area (Å²) in [5, 5.41) is 14.4. The molecule has 3 rings (SSSR count). The van der Waals surface area contributed by atoms with Crippen molar-refractivity contribution in [2.24, 2.45) is 0 Å². The predicted octanol–water partition coefficient (Wildman–Crippen LogP) is 1.17. The van der Waals surface area contributed by atoms with Crippen LogP contribution < -0.4 is 15.8 Å². The zero-order valence-electron chi connectivity index (χ0n) is 17.7. The molecule has 2 heterocycles. The Balaban J connectivity index is 1.81. The highest BCUT2D eigenvalue weighted by atomic mass is 19.1. The van der Waals surface area contributed by atoms with Crippen LogP contribution in [0.5, 0.6) is 5.75 Å². The first-order valence-electron chi connectivity index (χ1n) is 10.0. The van der Waals surface area contributed by atoms with Crippen LogP contribution in [0.1, 0.15) is 39.8 Å². The molecule has 172 valence electrons. The van der Waals surface area contributed by atoms with Crippen molar-refractivity contribution in [3.8, 4) is 5.75 Å². The zero-order chi connectivity index (χ0) is 23.4. The minimum absolute atomic E-state index is 0.0250. The lowest BCUT2D eigenvalue weighted by Crippen LogP contribution is -2.53. The molecule has 2 amide bonds. The number of aromatic nitrogens is 1. The summed E-state index contributed by atoms with van der Waals surface area (Å²) in [6.07, 6.45) is 1.74. The van der Waals surface area contributed by atoms with Gasteiger partial charge in [-0.1, -0.05) is 6.07 Å². The molecular formula is C21H24F2N4O5. The summed E-state index contributed by atoms with van der Waals surface area (Å²) in [6, 6.07) is 2.90. The maximum atomic E-state index is 13.8. The van der Waals surface area contributed by atoms with E-state index in [0.717, 1.165) is 12.3 Å². The predicted molar refractivity (Wildman–Crippen MR) is 111 cm³/mol. The standard InChI is InChI=1S/C21H24F2N4O5/c1-3-32-8-4-7-26-12-25(2)27-11-15(18(28)19(29)17(27)21(26)31)20(30)24-10-13-5-6-14(22)9-16(13)23/h5-6,9,11,29H,3-4,7-8,10,12H2,1-2H3,(H,24,30). The highest BCUT2D eigenvalue weighted by molar-refractivity contribution is 5.99. The van der Waals surface area contributed by atoms with Gasteiger partial charge in [-0.15, -0.1) is 0 Å². The molecule has 2 N–H and O–H groups in total. The fourth-order valence-corrected chi connectivity index (χ4v) is 3.36. The molecule has 0 radical (unpaired) electrons. The summed E-state index contributed by atoms with van der Waals surface area (Å²) in [5.41, 5.74) is -1.66. The lowest BCUT2D eigenvalue weighted by atomic mass is 10.1. The van der Waals surface area contributed by atoms with Gasteiger partial charge in [0, 0.05) is 51.2 Å². The maximum absolute atomic E-state index is 13.8. The smallest absolute Gasteiger partial charge is 0.277 e. The van der Waals surface area contributed by atoms with Crippen molar-refractivity contribution in [2.75, 3.05) is 38.5 Å². The average Bonchev–Trinajstić information content (AvgIpc) is 2.75. The van der Waals surface area contributed by atoms with Gasteiger partial charge in [-0.25, -0.2) is 8.78 Å². The Morgan fingerprint density at radius 3 is 2.72 bits per heavy atom. The third kappa shape index (κ3) is 4.72. The van der Waals surface area contributed by atoms with Crippen LogP contribution in [0.4, 0.5) is 8.78 Å². The Hall–Kier alpha value is -3.47. The fourth-order valence-electron chi connectivity index (χ4n) is 3.36. The van der Waals surface area contributed by atoms with Crippen molar-refractivity contribution in [1.29, 1.82) is 0 Å². The van der Waals surface area contributed by atoms with E-state index in [4.69, 9.17) is 4.74 Å². The summed E-state index contributed by atoms with van der Waals surface area (Å²) in [6.45, 7) is 3.13. The summed E-state index contributed by atoms with van der Waals surface area (Å²) in [5.74, 6) is -3.86. The van der Waals surface area contributed by atoms with Crippen molar-refractivity contribution in [3.05, 3.63) is 63.1 Å². The minimum atomic E-state index is -1.02. The number of aromatic hydroxyl groups is 1. The van der Waals surface area contributed by atoms with E-state index in [1.54, 1.807) is 12.1 Å². The molecular weight excluding hydrogens is 426 g/mol. The third-order valence-corrected chi connectivity index (χ3v) is 5.02. The fraction of sp³-hybridized carbons (Fsp3) is 0.381. The molecule has 1 aliphatic heterocycles. The van der Waals surface area contributed by atoms with E-state index in [1.807, 2.05) is 6.92 Å². The Morgan fingerprint density at radius 2 is 2.03 bits per heavy atom. The summed E-state index contributed by atoms with van der Waals surface area (Å²) in [7, 11) is 1.63. The van der Waals surface area contributed by atoms with Crippen LogP contribution in [-0.2, 0) is 11.3 Å². The normalized spacial score (nSPS) is 13.3. The monoisotopic (exact) mass is 450 g/mol. The maximum Gasteiger partial charge on any atom is 0.277 e. The van der Waals surface area contributed by atoms with Crippen molar-refractivity contribution >= 4 is 11.8 Å². The molecule has 1 aliphatic rings. The minimum Gasteiger partial charge on any atom is -0.502 e. The van der Waals surface area contributed by atoms with Gasteiger partial charge >= 0.3 is 0 Å². The summed E-state index contributed by atoms with van der Waals surface area (Å²) >= 11 is 0. The van der Waals surface area contributed by atoms with Crippen LogP contribution in [-0.4, -0.2) is 60.0 Å². The number of nitrogens with one attached hydrogen (secondary N) is 1. The van der Waals surface area contributed by atoms with Gasteiger partial charge in [0.2, 0.25) is 5.43 Å². The number of hydrogen-bond acceptors (Lipinski definition) is 6. The quantitative estimate of drug-likeness (QED) is 0.586. The average molecular weight is 450 g/mol. The number of carbonyl (C=O) groups excluding carboxylic acids is 2. The van der Waals surface area contributed by atoms with Gasteiger partial charge in [-0.05, 0) is 19.4 Å². The molecule has 9 nitrogen and oxygen atoms in total. The first-order chi connectivity index (χ1) is 15.2. The molecule has 0 aliphatic carbocycles. The number of hydrogen-bond donors (Lipinski definition) is 2. The van der Waals surface area contributed by atoms with Gasteiger partial charge in [0.1, 0.15) is 23.9 Å². The molecule has 32 heavy (non-hydrogen) atoms. The highest BCUT2D eigenvalue weighted by Gasteiger charge is 2.32. The number of halogens is 2. The molecule has 0 atom stereocenters. The molecule has 2 aromatic rings. The number of pyridine rings is 1. The highest BCUT2D eigenvalue weighted by Crippen LogP contribution is 2.21. The number of amides is 2. The van der Waals surface area contributed by atoms with Crippen molar-refractivity contribution in [1.82, 2.24) is 14.9 Å². The third-order valence-electron chi connectivity index (χ3n) is 5.02. The molecule has 1 aromatic heterocycles. The second kappa shape index (κ2) is 9.77. The zero-order valence-corrected chi connectivity index (χ0v) is 17.7. The topological polar surface area (TPSA) is 104 Å². The van der Waals surface area contributed by atoms with E-state index in [0.29, 0.717) is 32.2 Å². The second-order valence-electron chi connectivity index (χ2n) is 7.25. The SMILES string of the molecule is CCOCCCN1CN(C)n2cc(C(=O)NCc3ccc(F)cc3F)c(=O)c(O)c2C1=O. The van der Waals surface area contributed by atoms with Crippen LogP contribution in [0.3, 0.4) is 0 Å². The number of ether oxygens (including phenoxy) is 1. The van der Waals surface area contributed by atoms with Crippen LogP contribution in [0.15, 0.2) is 29.2 Å². The van der Waals surface area contributed by atoms with Crippen LogP contribution >= 0.6 is 0 Å². The number of nitrogens with zero attached hydrogens (tertiary/aromatic N) is 3. The number of carbonyl (C=O) groups is 2. The van der Waals surface area contributed by atoms with Gasteiger partial charge in [0.05, 0.1) is 0 Å². The number of benzene rings is 1. The Morgan fingerprint density at radius 1 is 1.28 bits per heavy atom. The van der Waals surface area contributed by atoms with Gasteiger partial charge in [-0.3, -0.25) is 24.1 Å². The van der Waals surface area contributed by atoms with Gasteiger partial charge < -0.3 is 20.1 Å². The van der Waals surface area contributed by atoms with Crippen LogP contribution in [0.25, 0.3) is 0 Å². The first-order valence-corrected chi connectivity index (χ1v) is 10.0. The molecule has 0 bridgehead atoms. The molecule has 11 heteroatoms. The summed E-state index contributed by atoms with van der Waals surface area (Å²) in [4.78, 5) is 39.4. The van der Waals surface area contributed by atoms with Gasteiger partial charge in [0.25, 0.3) is 11.8 Å². The first kappa shape index (κ1) is 23.2. The molecule has 0 saturated heterocycles. The Kier molecular flexibility index (Phi) is 7.08. The van der Waals surface area contributed by atoms with Gasteiger partial charge in [-0.2, -0.15) is 0 Å². The van der Waals surface area contributed by atoms with Crippen molar-refractivity contribution in [2.45, 2.75) is 19.9 Å². The van der Waals surface area contributed by atoms with E-state index in [2.05, 4.69) is 5.32 Å². The molecule has 0 saturated carbocycles. The van der Waals surface area contributed by atoms with Crippen LogP contribution in [0.2, 0.25) is 0 Å². The van der Waals surface area contributed by atoms with E-state index in [9.17, 15) is 28.3 Å². The van der Waals surface area contributed by atoms with Crippen LogP contribution in [0, 0.1) is 11.6 Å². The van der Waals surface area contributed by atoms with E-state index in [-0.39, 0.29) is 24.5 Å². The van der Waals surface area contributed by atoms with E-state index >= 15 is 0 Å². The number of rotatable bonds is 8.